The molecule has 2 heterocycles. The van der Waals surface area contributed by atoms with E-state index in [4.69, 9.17) is 0 Å². The minimum Gasteiger partial charge on any atom is -0.356 e. The Balaban J connectivity index is 1.85. The predicted octanol–water partition coefficient (Wildman–Crippen LogP) is 4.27. The minimum atomic E-state index is 0.155. The molecule has 5 heteroatoms. The van der Waals surface area contributed by atoms with E-state index >= 15 is 0 Å². The molecule has 0 saturated heterocycles. The number of hydrogen-bond donors (Lipinski definition) is 1. The molecule has 114 valence electrons. The van der Waals surface area contributed by atoms with Crippen molar-refractivity contribution in [1.82, 2.24) is 10.3 Å². The molecule has 0 aromatic carbocycles. The van der Waals surface area contributed by atoms with E-state index in [1.54, 1.807) is 22.7 Å². The molecule has 1 N–H and O–H groups in total. The first-order valence-corrected chi connectivity index (χ1v) is 9.12. The Morgan fingerprint density at radius 1 is 1.33 bits per heavy atom. The molecule has 21 heavy (non-hydrogen) atoms. The van der Waals surface area contributed by atoms with Crippen LogP contribution in [0.25, 0.3) is 10.6 Å². The summed E-state index contributed by atoms with van der Waals surface area (Å²) in [5, 5.41) is 6.23. The summed E-state index contributed by atoms with van der Waals surface area (Å²) in [6, 6.07) is 4.26. The maximum Gasteiger partial charge on any atom is 0.223 e. The second kappa shape index (κ2) is 7.71. The van der Waals surface area contributed by atoms with E-state index in [1.165, 1.54) is 9.75 Å². The molecule has 1 amide bonds. The maximum atomic E-state index is 11.9. The smallest absolute Gasteiger partial charge is 0.223 e. The lowest BCUT2D eigenvalue weighted by Crippen LogP contribution is -2.31. The van der Waals surface area contributed by atoms with Crippen LogP contribution in [0.2, 0.25) is 0 Å². The predicted molar refractivity (Wildman–Crippen MR) is 90.9 cm³/mol. The van der Waals surface area contributed by atoms with Crippen LogP contribution >= 0.6 is 22.7 Å². The quantitative estimate of drug-likeness (QED) is 0.827. The third-order valence-electron chi connectivity index (χ3n) is 3.56. The molecule has 0 radical (unpaired) electrons. The van der Waals surface area contributed by atoms with Crippen LogP contribution in [0.1, 0.15) is 36.6 Å². The van der Waals surface area contributed by atoms with Gasteiger partial charge >= 0.3 is 0 Å². The highest BCUT2D eigenvalue weighted by atomic mass is 32.1. The van der Waals surface area contributed by atoms with Gasteiger partial charge in [-0.15, -0.1) is 22.7 Å². The number of nitrogens with one attached hydrogen (secondary N) is 1. The molecular weight excluding hydrogens is 300 g/mol. The number of carbonyl (C=O) groups excluding carboxylic acids is 1. The summed E-state index contributed by atoms with van der Waals surface area (Å²) < 4.78 is 0. The Bertz CT molecular complexity index is 585. The van der Waals surface area contributed by atoms with E-state index < -0.39 is 0 Å². The number of nitrogens with zero attached hydrogens (tertiary/aromatic N) is 1. The van der Waals surface area contributed by atoms with Gasteiger partial charge in [-0.1, -0.05) is 13.8 Å². The molecule has 0 fully saturated rings. The first kappa shape index (κ1) is 16.2. The van der Waals surface area contributed by atoms with Gasteiger partial charge in [-0.2, -0.15) is 0 Å². The lowest BCUT2D eigenvalue weighted by atomic mass is 10.0. The van der Waals surface area contributed by atoms with Crippen LogP contribution in [0.3, 0.4) is 0 Å². The largest absolute Gasteiger partial charge is 0.356 e. The normalized spacial score (nSPS) is 11.0. The van der Waals surface area contributed by atoms with Crippen molar-refractivity contribution < 1.29 is 4.79 Å². The van der Waals surface area contributed by atoms with E-state index in [1.807, 2.05) is 6.92 Å². The van der Waals surface area contributed by atoms with E-state index in [9.17, 15) is 4.79 Å². The molecule has 0 atom stereocenters. The number of hydrogen-bond acceptors (Lipinski definition) is 4. The monoisotopic (exact) mass is 322 g/mol. The minimum absolute atomic E-state index is 0.155. The fourth-order valence-electron chi connectivity index (χ4n) is 2.24. The molecule has 2 aromatic rings. The Morgan fingerprint density at radius 3 is 2.71 bits per heavy atom. The lowest BCUT2D eigenvalue weighted by molar-refractivity contribution is -0.125. The number of thiazole rings is 1. The Kier molecular flexibility index (Phi) is 5.94. The number of amides is 1. The van der Waals surface area contributed by atoms with Crippen LogP contribution in [-0.4, -0.2) is 17.4 Å². The topological polar surface area (TPSA) is 42.0 Å². The molecule has 0 bridgehead atoms. The molecule has 0 aliphatic carbocycles. The highest BCUT2D eigenvalue weighted by molar-refractivity contribution is 7.16. The maximum absolute atomic E-state index is 11.9. The van der Waals surface area contributed by atoms with Crippen molar-refractivity contribution in [3.8, 4) is 10.6 Å². The van der Waals surface area contributed by atoms with Crippen LogP contribution in [0.5, 0.6) is 0 Å². The fourth-order valence-corrected chi connectivity index (χ4v) is 3.89. The molecule has 0 aliphatic heterocycles. The van der Waals surface area contributed by atoms with Crippen molar-refractivity contribution in [2.75, 3.05) is 6.54 Å². The third-order valence-corrected chi connectivity index (χ3v) is 5.50. The number of thiophene rings is 1. The van der Waals surface area contributed by atoms with Gasteiger partial charge in [0.1, 0.15) is 0 Å². The fraction of sp³-hybridized carbons (Fsp3) is 0.500. The van der Waals surface area contributed by atoms with Crippen molar-refractivity contribution in [2.24, 2.45) is 5.92 Å². The van der Waals surface area contributed by atoms with Crippen molar-refractivity contribution in [3.63, 3.8) is 0 Å². The number of carbonyl (C=O) groups is 1. The summed E-state index contributed by atoms with van der Waals surface area (Å²) in [7, 11) is 0. The summed E-state index contributed by atoms with van der Waals surface area (Å²) in [6.07, 6.45) is 2.71. The summed E-state index contributed by atoms with van der Waals surface area (Å²) >= 11 is 3.44. The first-order chi connectivity index (χ1) is 10.1. The Hall–Kier alpha value is -1.20. The molecule has 0 unspecified atom stereocenters. The zero-order valence-corrected chi connectivity index (χ0v) is 14.4. The first-order valence-electron chi connectivity index (χ1n) is 7.43. The SMILES string of the molecule is CCC(CC)C(=O)NCCc1ccc(-c2csc(C)n2)s1. The van der Waals surface area contributed by atoms with Crippen LogP contribution in [0.4, 0.5) is 0 Å². The highest BCUT2D eigenvalue weighted by Crippen LogP contribution is 2.29. The standard InChI is InChI=1S/C16H22N2OS2/c1-4-12(5-2)16(19)17-9-8-13-6-7-15(21-13)14-10-20-11(3)18-14/h6-7,10,12H,4-5,8-9H2,1-3H3,(H,17,19). The van der Waals surface area contributed by atoms with Crippen molar-refractivity contribution in [2.45, 2.75) is 40.0 Å². The molecule has 3 nitrogen and oxygen atoms in total. The van der Waals surface area contributed by atoms with Gasteiger partial charge in [0.2, 0.25) is 5.91 Å². The molecule has 2 aromatic heterocycles. The number of aromatic nitrogens is 1. The summed E-state index contributed by atoms with van der Waals surface area (Å²) in [6.45, 7) is 6.87. The van der Waals surface area contributed by atoms with Crippen molar-refractivity contribution >= 4 is 28.6 Å². The summed E-state index contributed by atoms with van der Waals surface area (Å²) in [5.41, 5.74) is 1.06. The van der Waals surface area contributed by atoms with Gasteiger partial charge in [0.15, 0.2) is 0 Å². The molecule has 0 aliphatic rings. The number of aryl methyl sites for hydroxylation is 1. The van der Waals surface area contributed by atoms with E-state index in [0.29, 0.717) is 6.54 Å². The second-order valence-corrected chi connectivity index (χ2v) is 7.30. The van der Waals surface area contributed by atoms with E-state index in [2.05, 4.69) is 41.7 Å². The average Bonchev–Trinajstić information content (AvgIpc) is 3.09. The lowest BCUT2D eigenvalue weighted by Gasteiger charge is -2.12. The second-order valence-electron chi connectivity index (χ2n) is 5.07. The summed E-state index contributed by atoms with van der Waals surface area (Å²) in [5.74, 6) is 0.341. The zero-order valence-electron chi connectivity index (χ0n) is 12.8. The third kappa shape index (κ3) is 4.38. The zero-order chi connectivity index (χ0) is 15.2. The van der Waals surface area contributed by atoms with Gasteiger partial charge < -0.3 is 5.32 Å². The van der Waals surface area contributed by atoms with E-state index in [-0.39, 0.29) is 11.8 Å². The van der Waals surface area contributed by atoms with Gasteiger partial charge in [0, 0.05) is 22.7 Å². The highest BCUT2D eigenvalue weighted by Gasteiger charge is 2.13. The Morgan fingerprint density at radius 2 is 2.10 bits per heavy atom. The van der Waals surface area contributed by atoms with Crippen molar-refractivity contribution in [1.29, 1.82) is 0 Å². The van der Waals surface area contributed by atoms with Gasteiger partial charge in [-0.25, -0.2) is 4.98 Å². The van der Waals surface area contributed by atoms with Crippen LogP contribution < -0.4 is 5.32 Å². The molecule has 0 saturated carbocycles. The average molecular weight is 322 g/mol. The molecule has 0 spiro atoms. The summed E-state index contributed by atoms with van der Waals surface area (Å²) in [4.78, 5) is 18.9. The van der Waals surface area contributed by atoms with Gasteiger partial charge in [0.05, 0.1) is 15.6 Å². The van der Waals surface area contributed by atoms with Crippen LogP contribution in [-0.2, 0) is 11.2 Å². The number of rotatable bonds is 7. The van der Waals surface area contributed by atoms with Gasteiger partial charge in [0.25, 0.3) is 0 Å². The van der Waals surface area contributed by atoms with Crippen molar-refractivity contribution in [3.05, 3.63) is 27.4 Å². The molecule has 2 rings (SSSR count). The van der Waals surface area contributed by atoms with Crippen LogP contribution in [0, 0.1) is 12.8 Å². The molecular formula is C16H22N2OS2. The van der Waals surface area contributed by atoms with Gasteiger partial charge in [-0.05, 0) is 38.3 Å². The van der Waals surface area contributed by atoms with Crippen LogP contribution in [0.15, 0.2) is 17.5 Å². The van der Waals surface area contributed by atoms with E-state index in [0.717, 1.165) is 30.0 Å². The van der Waals surface area contributed by atoms with Gasteiger partial charge in [-0.3, -0.25) is 4.79 Å². The Labute approximate surface area is 134 Å².